The number of hydrogen-bond acceptors (Lipinski definition) is 3. The van der Waals surface area contributed by atoms with Crippen molar-refractivity contribution in [3.63, 3.8) is 0 Å². The van der Waals surface area contributed by atoms with Crippen molar-refractivity contribution in [3.05, 3.63) is 29.3 Å². The molecule has 0 heterocycles. The Kier molecular flexibility index (Phi) is 4.52. The lowest BCUT2D eigenvalue weighted by Crippen LogP contribution is -2.34. The van der Waals surface area contributed by atoms with Crippen LogP contribution in [0, 0.1) is 19.8 Å². The van der Waals surface area contributed by atoms with Crippen LogP contribution in [0.15, 0.2) is 23.1 Å². The van der Waals surface area contributed by atoms with E-state index < -0.39 is 10.0 Å². The maximum absolute atomic E-state index is 12.6. The van der Waals surface area contributed by atoms with Crippen molar-refractivity contribution in [2.45, 2.75) is 44.1 Å². The van der Waals surface area contributed by atoms with Crippen molar-refractivity contribution < 1.29 is 13.5 Å². The molecule has 2 rings (SSSR count). The summed E-state index contributed by atoms with van der Waals surface area (Å²) in [5, 5.41) is 9.85. The Morgan fingerprint density at radius 1 is 1.30 bits per heavy atom. The van der Waals surface area contributed by atoms with E-state index in [1.54, 1.807) is 13.1 Å². The van der Waals surface area contributed by atoms with E-state index in [4.69, 9.17) is 0 Å². The number of aliphatic hydroxyl groups is 1. The van der Waals surface area contributed by atoms with Crippen LogP contribution < -0.4 is 0 Å². The van der Waals surface area contributed by atoms with Gasteiger partial charge >= 0.3 is 0 Å². The van der Waals surface area contributed by atoms with Gasteiger partial charge in [0, 0.05) is 13.6 Å². The molecule has 1 aliphatic carbocycles. The lowest BCUT2D eigenvalue weighted by molar-refractivity contribution is 0.123. The van der Waals surface area contributed by atoms with Gasteiger partial charge in [0.2, 0.25) is 10.0 Å². The summed E-state index contributed by atoms with van der Waals surface area (Å²) >= 11 is 0. The molecule has 0 amide bonds. The van der Waals surface area contributed by atoms with Crippen molar-refractivity contribution in [2.75, 3.05) is 13.6 Å². The van der Waals surface area contributed by atoms with Crippen LogP contribution in [-0.2, 0) is 10.0 Å². The Balaban J connectivity index is 2.23. The molecule has 0 bridgehead atoms. The van der Waals surface area contributed by atoms with E-state index in [0.717, 1.165) is 30.4 Å². The molecule has 0 aromatic heterocycles. The van der Waals surface area contributed by atoms with Gasteiger partial charge in [0.15, 0.2) is 0 Å². The van der Waals surface area contributed by atoms with Crippen LogP contribution in [0.2, 0.25) is 0 Å². The molecule has 0 radical (unpaired) electrons. The van der Waals surface area contributed by atoms with E-state index in [1.807, 2.05) is 26.0 Å². The highest BCUT2D eigenvalue weighted by Crippen LogP contribution is 2.28. The lowest BCUT2D eigenvalue weighted by Gasteiger charge is -2.23. The van der Waals surface area contributed by atoms with Crippen molar-refractivity contribution in [3.8, 4) is 0 Å². The highest BCUT2D eigenvalue weighted by atomic mass is 32.2. The summed E-state index contributed by atoms with van der Waals surface area (Å²) in [6, 6.07) is 5.46. The fourth-order valence-electron chi connectivity index (χ4n) is 2.81. The summed E-state index contributed by atoms with van der Waals surface area (Å²) in [6.07, 6.45) is 2.28. The zero-order valence-corrected chi connectivity index (χ0v) is 13.2. The van der Waals surface area contributed by atoms with Crippen molar-refractivity contribution in [1.29, 1.82) is 0 Å². The number of sulfonamides is 1. The minimum Gasteiger partial charge on any atom is -0.393 e. The molecule has 112 valence electrons. The minimum absolute atomic E-state index is 0.0555. The Morgan fingerprint density at radius 3 is 2.60 bits per heavy atom. The molecule has 5 heteroatoms. The molecule has 1 aromatic carbocycles. The summed E-state index contributed by atoms with van der Waals surface area (Å²) in [5.41, 5.74) is 1.69. The third-order valence-electron chi connectivity index (χ3n) is 4.14. The Labute approximate surface area is 121 Å². The zero-order chi connectivity index (χ0) is 14.9. The van der Waals surface area contributed by atoms with Crippen LogP contribution >= 0.6 is 0 Å². The van der Waals surface area contributed by atoms with Gasteiger partial charge in [-0.05, 0) is 49.8 Å². The van der Waals surface area contributed by atoms with Crippen molar-refractivity contribution >= 4 is 10.0 Å². The normalized spacial score (nSPS) is 23.4. The molecule has 2 unspecified atom stereocenters. The predicted octanol–water partition coefficient (Wildman–Crippen LogP) is 2.08. The van der Waals surface area contributed by atoms with E-state index in [9.17, 15) is 13.5 Å². The van der Waals surface area contributed by atoms with Crippen LogP contribution in [0.1, 0.15) is 30.4 Å². The number of aliphatic hydroxyl groups excluding tert-OH is 1. The molecule has 1 fully saturated rings. The highest BCUT2D eigenvalue weighted by Gasteiger charge is 2.31. The fourth-order valence-corrected chi connectivity index (χ4v) is 4.34. The molecule has 1 aromatic rings. The van der Waals surface area contributed by atoms with E-state index >= 15 is 0 Å². The lowest BCUT2D eigenvalue weighted by atomic mass is 10.1. The number of benzene rings is 1. The summed E-state index contributed by atoms with van der Waals surface area (Å²) < 4.78 is 26.7. The Bertz CT molecular complexity index is 583. The maximum Gasteiger partial charge on any atom is 0.243 e. The molecule has 1 saturated carbocycles. The van der Waals surface area contributed by atoms with Gasteiger partial charge in [-0.3, -0.25) is 0 Å². The largest absolute Gasteiger partial charge is 0.393 e. The zero-order valence-electron chi connectivity index (χ0n) is 12.3. The molecule has 1 N–H and O–H groups in total. The van der Waals surface area contributed by atoms with Gasteiger partial charge in [0.05, 0.1) is 11.0 Å². The van der Waals surface area contributed by atoms with E-state index in [-0.39, 0.29) is 12.0 Å². The van der Waals surface area contributed by atoms with Gasteiger partial charge in [0.1, 0.15) is 0 Å². The van der Waals surface area contributed by atoms with Crippen LogP contribution in [0.3, 0.4) is 0 Å². The fraction of sp³-hybridized carbons (Fsp3) is 0.600. The predicted molar refractivity (Wildman–Crippen MR) is 79.1 cm³/mol. The smallest absolute Gasteiger partial charge is 0.243 e. The first-order chi connectivity index (χ1) is 9.32. The number of hydrogen-bond donors (Lipinski definition) is 1. The van der Waals surface area contributed by atoms with Crippen LogP contribution in [0.25, 0.3) is 0 Å². The summed E-state index contributed by atoms with van der Waals surface area (Å²) in [5.74, 6) is 0.0555. The number of nitrogens with zero attached hydrogens (tertiary/aromatic N) is 1. The van der Waals surface area contributed by atoms with Gasteiger partial charge < -0.3 is 5.11 Å². The summed E-state index contributed by atoms with van der Waals surface area (Å²) in [6.45, 7) is 4.08. The molecule has 2 atom stereocenters. The molecule has 0 spiro atoms. The van der Waals surface area contributed by atoms with Gasteiger partial charge in [-0.15, -0.1) is 0 Å². The summed E-state index contributed by atoms with van der Waals surface area (Å²) in [4.78, 5) is 0.368. The molecular weight excluding hydrogens is 274 g/mol. The molecular formula is C15H23NO3S. The monoisotopic (exact) mass is 297 g/mol. The number of rotatable bonds is 4. The first-order valence-corrected chi connectivity index (χ1v) is 8.48. The average molecular weight is 297 g/mol. The average Bonchev–Trinajstić information content (AvgIpc) is 2.78. The van der Waals surface area contributed by atoms with Gasteiger partial charge in [0.25, 0.3) is 0 Å². The SMILES string of the molecule is Cc1ccc(C)c(S(=O)(=O)N(C)CC2CCCC2O)c1. The van der Waals surface area contributed by atoms with Crippen LogP contribution in [-0.4, -0.2) is 37.5 Å². The second kappa shape index (κ2) is 5.84. The molecule has 0 aliphatic heterocycles. The van der Waals surface area contributed by atoms with E-state index in [2.05, 4.69) is 0 Å². The Morgan fingerprint density at radius 2 is 2.00 bits per heavy atom. The topological polar surface area (TPSA) is 57.6 Å². The highest BCUT2D eigenvalue weighted by molar-refractivity contribution is 7.89. The minimum atomic E-state index is -3.48. The third-order valence-corrected chi connectivity index (χ3v) is 6.11. The molecule has 0 saturated heterocycles. The molecule has 20 heavy (non-hydrogen) atoms. The third kappa shape index (κ3) is 3.05. The van der Waals surface area contributed by atoms with Crippen molar-refractivity contribution in [1.82, 2.24) is 4.31 Å². The van der Waals surface area contributed by atoms with Gasteiger partial charge in [-0.2, -0.15) is 0 Å². The van der Waals surface area contributed by atoms with Gasteiger partial charge in [-0.25, -0.2) is 12.7 Å². The second-order valence-electron chi connectivity index (χ2n) is 5.81. The molecule has 4 nitrogen and oxygen atoms in total. The van der Waals surface area contributed by atoms with E-state index in [0.29, 0.717) is 11.4 Å². The van der Waals surface area contributed by atoms with Crippen LogP contribution in [0.4, 0.5) is 0 Å². The number of aryl methyl sites for hydroxylation is 2. The van der Waals surface area contributed by atoms with Crippen LogP contribution in [0.5, 0.6) is 0 Å². The summed E-state index contributed by atoms with van der Waals surface area (Å²) in [7, 11) is -1.88. The molecule has 1 aliphatic rings. The van der Waals surface area contributed by atoms with E-state index in [1.165, 1.54) is 4.31 Å². The van der Waals surface area contributed by atoms with Gasteiger partial charge in [-0.1, -0.05) is 18.6 Å². The first kappa shape index (κ1) is 15.5. The quantitative estimate of drug-likeness (QED) is 0.926. The Hall–Kier alpha value is -0.910. The standard InChI is InChI=1S/C15H23NO3S/c1-11-7-8-12(2)15(9-11)20(18,19)16(3)10-13-5-4-6-14(13)17/h7-9,13-14,17H,4-6,10H2,1-3H3. The second-order valence-corrected chi connectivity index (χ2v) is 7.83. The van der Waals surface area contributed by atoms with Crippen molar-refractivity contribution in [2.24, 2.45) is 5.92 Å². The maximum atomic E-state index is 12.6. The first-order valence-electron chi connectivity index (χ1n) is 7.04.